The monoisotopic (exact) mass is 302 g/mol. The number of nitrogens with one attached hydrogen (secondary N) is 1. The van der Waals surface area contributed by atoms with E-state index in [1.54, 1.807) is 36.4 Å². The lowest BCUT2D eigenvalue weighted by Crippen LogP contribution is -2.32. The molecule has 1 heterocycles. The van der Waals surface area contributed by atoms with Crippen LogP contribution >= 0.6 is 11.3 Å². The Morgan fingerprint density at radius 2 is 2.05 bits per heavy atom. The van der Waals surface area contributed by atoms with Crippen LogP contribution in [0.1, 0.15) is 22.3 Å². The molecule has 2 rings (SSSR count). The van der Waals surface area contributed by atoms with Crippen molar-refractivity contribution in [1.82, 2.24) is 10.3 Å². The van der Waals surface area contributed by atoms with Crippen LogP contribution in [-0.4, -0.2) is 22.0 Å². The Morgan fingerprint density at radius 3 is 2.62 bits per heavy atom. The van der Waals surface area contributed by atoms with Gasteiger partial charge < -0.3 is 10.4 Å². The summed E-state index contributed by atoms with van der Waals surface area (Å²) in [7, 11) is 0. The van der Waals surface area contributed by atoms with Gasteiger partial charge in [-0.05, 0) is 18.6 Å². The van der Waals surface area contributed by atoms with Crippen LogP contribution in [0.4, 0.5) is 0 Å². The summed E-state index contributed by atoms with van der Waals surface area (Å²) in [5, 5.41) is 14.4. The average molecular weight is 302 g/mol. The number of nitrogens with zero attached hydrogens (tertiary/aromatic N) is 1. The fourth-order valence-corrected chi connectivity index (χ4v) is 2.32. The Labute approximate surface area is 126 Å². The number of amides is 1. The second kappa shape index (κ2) is 6.81. The predicted octanol–water partition coefficient (Wildman–Crippen LogP) is 2.41. The molecule has 6 heteroatoms. The summed E-state index contributed by atoms with van der Waals surface area (Å²) in [5.74, 6) is -1.58. The quantitative estimate of drug-likeness (QED) is 0.831. The van der Waals surface area contributed by atoms with Crippen LogP contribution in [0, 0.1) is 6.92 Å². The number of carboxylic acid groups (broad SMARTS) is 1. The molecular formula is C15H14N2O3S. The molecule has 2 N–H and O–H groups in total. The molecular weight excluding hydrogens is 288 g/mol. The van der Waals surface area contributed by atoms with Crippen molar-refractivity contribution >= 4 is 29.3 Å². The molecule has 0 bridgehead atoms. The van der Waals surface area contributed by atoms with E-state index in [-0.39, 0.29) is 0 Å². The number of rotatable bonds is 5. The van der Waals surface area contributed by atoms with E-state index >= 15 is 0 Å². The molecule has 0 aliphatic heterocycles. The van der Waals surface area contributed by atoms with E-state index in [0.717, 1.165) is 5.01 Å². The number of hydrogen-bond donors (Lipinski definition) is 2. The molecule has 0 fully saturated rings. The number of aryl methyl sites for hydroxylation is 1. The zero-order valence-corrected chi connectivity index (χ0v) is 12.1. The lowest BCUT2D eigenvalue weighted by molar-refractivity contribution is -0.141. The van der Waals surface area contributed by atoms with Crippen molar-refractivity contribution in [2.24, 2.45) is 0 Å². The Balaban J connectivity index is 2.05. The molecule has 0 spiro atoms. The van der Waals surface area contributed by atoms with Gasteiger partial charge in [-0.1, -0.05) is 30.3 Å². The maximum absolute atomic E-state index is 11.8. The molecule has 0 saturated carbocycles. The Bertz CT molecular complexity index is 665. The molecule has 5 nitrogen and oxygen atoms in total. The number of thiazole rings is 1. The first-order chi connectivity index (χ1) is 10.1. The zero-order chi connectivity index (χ0) is 15.2. The summed E-state index contributed by atoms with van der Waals surface area (Å²) in [5.41, 5.74) is 1.20. The van der Waals surface area contributed by atoms with Gasteiger partial charge in [-0.25, -0.2) is 9.78 Å². The minimum absolute atomic E-state index is 0.475. The van der Waals surface area contributed by atoms with Crippen LogP contribution < -0.4 is 5.32 Å². The number of aliphatic carboxylic acids is 1. The van der Waals surface area contributed by atoms with Gasteiger partial charge in [0.1, 0.15) is 0 Å². The Morgan fingerprint density at radius 1 is 1.33 bits per heavy atom. The number of carbonyl (C=O) groups is 2. The van der Waals surface area contributed by atoms with E-state index in [9.17, 15) is 14.7 Å². The molecule has 0 aliphatic rings. The third-order valence-corrected chi connectivity index (χ3v) is 3.50. The summed E-state index contributed by atoms with van der Waals surface area (Å²) in [6.07, 6.45) is 2.84. The molecule has 0 unspecified atom stereocenters. The number of benzene rings is 1. The first-order valence-electron chi connectivity index (χ1n) is 6.24. The van der Waals surface area contributed by atoms with Crippen molar-refractivity contribution < 1.29 is 14.7 Å². The second-order valence-electron chi connectivity index (χ2n) is 4.32. The van der Waals surface area contributed by atoms with Gasteiger partial charge in [-0.3, -0.25) is 4.79 Å². The zero-order valence-electron chi connectivity index (χ0n) is 11.3. The van der Waals surface area contributed by atoms with Crippen molar-refractivity contribution in [3.63, 3.8) is 0 Å². The van der Waals surface area contributed by atoms with Gasteiger partial charge in [0.2, 0.25) is 5.91 Å². The molecule has 21 heavy (non-hydrogen) atoms. The maximum atomic E-state index is 11.8. The first kappa shape index (κ1) is 14.9. The SMILES string of the molecule is Cc1nc(/C=C/C(=O)N[C@@H](C(=O)O)c2ccccc2)cs1. The Hall–Kier alpha value is -2.47. The highest BCUT2D eigenvalue weighted by Crippen LogP contribution is 2.13. The van der Waals surface area contributed by atoms with Crippen LogP contribution in [-0.2, 0) is 9.59 Å². The molecule has 1 aromatic heterocycles. The average Bonchev–Trinajstić information content (AvgIpc) is 2.89. The molecule has 108 valence electrons. The van der Waals surface area contributed by atoms with E-state index in [4.69, 9.17) is 0 Å². The van der Waals surface area contributed by atoms with Crippen molar-refractivity contribution in [3.8, 4) is 0 Å². The summed E-state index contributed by atoms with van der Waals surface area (Å²) in [6.45, 7) is 1.87. The predicted molar refractivity (Wildman–Crippen MR) is 80.8 cm³/mol. The number of hydrogen-bond acceptors (Lipinski definition) is 4. The molecule has 0 radical (unpaired) electrons. The largest absolute Gasteiger partial charge is 0.479 e. The van der Waals surface area contributed by atoms with E-state index < -0.39 is 17.9 Å². The maximum Gasteiger partial charge on any atom is 0.330 e. The standard InChI is InChI=1S/C15H14N2O3S/c1-10-16-12(9-21-10)7-8-13(18)17-14(15(19)20)11-5-3-2-4-6-11/h2-9,14H,1H3,(H,17,18)(H,19,20)/b8-7+/t14-/m1/s1. The third-order valence-electron chi connectivity index (χ3n) is 2.71. The molecule has 0 saturated heterocycles. The van der Waals surface area contributed by atoms with Crippen molar-refractivity contribution in [1.29, 1.82) is 0 Å². The second-order valence-corrected chi connectivity index (χ2v) is 5.38. The van der Waals surface area contributed by atoms with Gasteiger partial charge in [-0.2, -0.15) is 0 Å². The van der Waals surface area contributed by atoms with Crippen molar-refractivity contribution in [2.75, 3.05) is 0 Å². The summed E-state index contributed by atoms with van der Waals surface area (Å²) in [6, 6.07) is 7.49. The molecule has 0 aliphatic carbocycles. The molecule has 1 amide bonds. The van der Waals surface area contributed by atoms with Gasteiger partial charge in [0.15, 0.2) is 6.04 Å². The first-order valence-corrected chi connectivity index (χ1v) is 7.12. The third kappa shape index (κ3) is 4.25. The lowest BCUT2D eigenvalue weighted by Gasteiger charge is -2.13. The highest BCUT2D eigenvalue weighted by molar-refractivity contribution is 7.09. The number of carboxylic acids is 1. The molecule has 1 atom stereocenters. The number of carbonyl (C=O) groups excluding carboxylic acids is 1. The summed E-state index contributed by atoms with van der Waals surface area (Å²) < 4.78 is 0. The van der Waals surface area contributed by atoms with E-state index in [0.29, 0.717) is 11.3 Å². The molecule has 2 aromatic rings. The van der Waals surface area contributed by atoms with E-state index in [2.05, 4.69) is 10.3 Å². The topological polar surface area (TPSA) is 79.3 Å². The van der Waals surface area contributed by atoms with Gasteiger partial charge in [0.05, 0.1) is 10.7 Å². The van der Waals surface area contributed by atoms with Crippen LogP contribution in [0.2, 0.25) is 0 Å². The number of aromatic nitrogens is 1. The highest BCUT2D eigenvalue weighted by Gasteiger charge is 2.20. The highest BCUT2D eigenvalue weighted by atomic mass is 32.1. The summed E-state index contributed by atoms with van der Waals surface area (Å²) >= 11 is 1.48. The minimum atomic E-state index is -1.10. The normalized spacial score (nSPS) is 12.2. The van der Waals surface area contributed by atoms with Crippen molar-refractivity contribution in [3.05, 3.63) is 58.1 Å². The van der Waals surface area contributed by atoms with Gasteiger partial charge in [0.25, 0.3) is 0 Å². The fourth-order valence-electron chi connectivity index (χ4n) is 1.74. The minimum Gasteiger partial charge on any atom is -0.479 e. The van der Waals surface area contributed by atoms with Crippen LogP contribution in [0.3, 0.4) is 0 Å². The van der Waals surface area contributed by atoms with E-state index in [1.807, 2.05) is 12.3 Å². The van der Waals surface area contributed by atoms with Crippen LogP contribution in [0.15, 0.2) is 41.8 Å². The Kier molecular flexibility index (Phi) is 4.84. The van der Waals surface area contributed by atoms with Gasteiger partial charge >= 0.3 is 5.97 Å². The fraction of sp³-hybridized carbons (Fsp3) is 0.133. The van der Waals surface area contributed by atoms with Crippen molar-refractivity contribution in [2.45, 2.75) is 13.0 Å². The van der Waals surface area contributed by atoms with Gasteiger partial charge in [-0.15, -0.1) is 11.3 Å². The smallest absolute Gasteiger partial charge is 0.330 e. The van der Waals surface area contributed by atoms with Crippen LogP contribution in [0.5, 0.6) is 0 Å². The molecule has 1 aromatic carbocycles. The van der Waals surface area contributed by atoms with Gasteiger partial charge in [0, 0.05) is 11.5 Å². The van der Waals surface area contributed by atoms with Crippen LogP contribution in [0.25, 0.3) is 6.08 Å². The lowest BCUT2D eigenvalue weighted by atomic mass is 10.1. The summed E-state index contributed by atoms with van der Waals surface area (Å²) in [4.78, 5) is 27.3. The van der Waals surface area contributed by atoms with E-state index in [1.165, 1.54) is 17.4 Å².